The molecule has 0 amide bonds. The Morgan fingerprint density at radius 3 is 2.85 bits per heavy atom. The maximum Gasteiger partial charge on any atom is 0.0841 e. The van der Waals surface area contributed by atoms with E-state index in [0.717, 1.165) is 13.1 Å². The average Bonchev–Trinajstić information content (AvgIpc) is 2.14. The summed E-state index contributed by atoms with van der Waals surface area (Å²) in [6.45, 7) is 7.61. The number of halogens is 1. The Hall–Kier alpha value is 0.210. The summed E-state index contributed by atoms with van der Waals surface area (Å²) in [5, 5.41) is 0. The molecule has 2 unspecified atom stereocenters. The molecular weight excluding hydrogens is 186 g/mol. The van der Waals surface area contributed by atoms with Crippen molar-refractivity contribution in [2.24, 2.45) is 0 Å². The zero-order valence-electron chi connectivity index (χ0n) is 8.63. The third kappa shape index (κ3) is 3.84. The van der Waals surface area contributed by atoms with Gasteiger partial charge in [-0.3, -0.25) is 4.90 Å². The molecule has 1 heterocycles. The molecule has 0 bridgehead atoms. The van der Waals surface area contributed by atoms with Crippen molar-refractivity contribution in [1.82, 2.24) is 4.90 Å². The van der Waals surface area contributed by atoms with E-state index in [1.54, 1.807) is 0 Å². The first-order valence-electron chi connectivity index (χ1n) is 5.20. The van der Waals surface area contributed by atoms with E-state index in [-0.39, 0.29) is 6.10 Å². The molecule has 0 radical (unpaired) electrons. The van der Waals surface area contributed by atoms with E-state index in [1.165, 1.54) is 19.4 Å². The van der Waals surface area contributed by atoms with Crippen LogP contribution in [0, 0.1) is 0 Å². The largest absolute Gasteiger partial charge is 0.371 e. The third-order valence-electron chi connectivity index (χ3n) is 2.40. The van der Waals surface area contributed by atoms with E-state index in [4.69, 9.17) is 16.3 Å². The highest BCUT2D eigenvalue weighted by atomic mass is 35.5. The van der Waals surface area contributed by atoms with Gasteiger partial charge in [-0.15, -0.1) is 11.6 Å². The first kappa shape index (κ1) is 11.3. The highest BCUT2D eigenvalue weighted by Gasteiger charge is 2.23. The normalized spacial score (nSPS) is 30.7. The van der Waals surface area contributed by atoms with Crippen LogP contribution >= 0.6 is 11.6 Å². The molecule has 0 N–H and O–H groups in total. The van der Waals surface area contributed by atoms with Crippen LogP contribution in [0.25, 0.3) is 0 Å². The molecule has 1 aliphatic heterocycles. The summed E-state index contributed by atoms with van der Waals surface area (Å²) in [5.74, 6) is 0.618. The van der Waals surface area contributed by atoms with Crippen LogP contribution in [-0.4, -0.2) is 42.6 Å². The van der Waals surface area contributed by atoms with Gasteiger partial charge in [0.1, 0.15) is 0 Å². The molecule has 78 valence electrons. The van der Waals surface area contributed by atoms with Gasteiger partial charge in [0.05, 0.1) is 12.2 Å². The topological polar surface area (TPSA) is 12.5 Å². The van der Waals surface area contributed by atoms with E-state index in [2.05, 4.69) is 18.7 Å². The SMILES string of the molecule is CCCCN1CC(C)OC(CCl)C1. The predicted molar refractivity (Wildman–Crippen MR) is 56.4 cm³/mol. The van der Waals surface area contributed by atoms with Crippen molar-refractivity contribution >= 4 is 11.6 Å². The molecule has 0 aromatic carbocycles. The van der Waals surface area contributed by atoms with Crippen LogP contribution in [0.3, 0.4) is 0 Å². The summed E-state index contributed by atoms with van der Waals surface area (Å²) in [6, 6.07) is 0. The summed E-state index contributed by atoms with van der Waals surface area (Å²) in [6.07, 6.45) is 3.12. The second kappa shape index (κ2) is 5.84. The molecule has 0 spiro atoms. The monoisotopic (exact) mass is 205 g/mol. The van der Waals surface area contributed by atoms with Crippen LogP contribution in [0.1, 0.15) is 26.7 Å². The molecule has 13 heavy (non-hydrogen) atoms. The zero-order valence-corrected chi connectivity index (χ0v) is 9.39. The number of alkyl halides is 1. The first-order chi connectivity index (χ1) is 6.26. The number of ether oxygens (including phenoxy) is 1. The molecule has 3 heteroatoms. The Morgan fingerprint density at radius 2 is 2.23 bits per heavy atom. The lowest BCUT2D eigenvalue weighted by molar-refractivity contribution is -0.0664. The lowest BCUT2D eigenvalue weighted by Crippen LogP contribution is -2.47. The Labute approximate surface area is 86.2 Å². The molecule has 1 fully saturated rings. The molecule has 1 rings (SSSR count). The van der Waals surface area contributed by atoms with Crippen molar-refractivity contribution in [2.75, 3.05) is 25.5 Å². The third-order valence-corrected chi connectivity index (χ3v) is 2.75. The maximum atomic E-state index is 5.79. The predicted octanol–water partition coefficient (Wildman–Crippen LogP) is 2.11. The number of unbranched alkanes of at least 4 members (excludes halogenated alkanes) is 1. The fraction of sp³-hybridized carbons (Fsp3) is 1.00. The smallest absolute Gasteiger partial charge is 0.0841 e. The van der Waals surface area contributed by atoms with Crippen LogP contribution in [0.2, 0.25) is 0 Å². The number of hydrogen-bond acceptors (Lipinski definition) is 2. The number of morpholine rings is 1. The van der Waals surface area contributed by atoms with Crippen LogP contribution in [0.5, 0.6) is 0 Å². The fourth-order valence-electron chi connectivity index (χ4n) is 1.79. The summed E-state index contributed by atoms with van der Waals surface area (Å²) in [5.41, 5.74) is 0. The standard InChI is InChI=1S/C10H20ClNO/c1-3-4-5-12-7-9(2)13-10(6-11)8-12/h9-10H,3-8H2,1-2H3. The second-order valence-electron chi connectivity index (χ2n) is 3.84. The van der Waals surface area contributed by atoms with Crippen molar-refractivity contribution in [3.63, 3.8) is 0 Å². The van der Waals surface area contributed by atoms with E-state index >= 15 is 0 Å². The van der Waals surface area contributed by atoms with Crippen LogP contribution < -0.4 is 0 Å². The zero-order chi connectivity index (χ0) is 9.68. The van der Waals surface area contributed by atoms with Crippen LogP contribution in [-0.2, 0) is 4.74 Å². The van der Waals surface area contributed by atoms with E-state index < -0.39 is 0 Å². The van der Waals surface area contributed by atoms with Crippen molar-refractivity contribution in [3.05, 3.63) is 0 Å². The van der Waals surface area contributed by atoms with Crippen molar-refractivity contribution in [2.45, 2.75) is 38.9 Å². The lowest BCUT2D eigenvalue weighted by atomic mass is 10.2. The molecule has 0 aromatic rings. The van der Waals surface area contributed by atoms with Gasteiger partial charge in [0.15, 0.2) is 0 Å². The summed E-state index contributed by atoms with van der Waals surface area (Å²) < 4.78 is 5.67. The minimum Gasteiger partial charge on any atom is -0.371 e. The lowest BCUT2D eigenvalue weighted by Gasteiger charge is -2.36. The van der Waals surface area contributed by atoms with Gasteiger partial charge in [-0.25, -0.2) is 0 Å². The van der Waals surface area contributed by atoms with Crippen molar-refractivity contribution in [1.29, 1.82) is 0 Å². The Morgan fingerprint density at radius 1 is 1.46 bits per heavy atom. The van der Waals surface area contributed by atoms with Crippen LogP contribution in [0.15, 0.2) is 0 Å². The molecule has 0 aliphatic carbocycles. The molecule has 1 saturated heterocycles. The van der Waals surface area contributed by atoms with Gasteiger partial charge in [-0.2, -0.15) is 0 Å². The van der Waals surface area contributed by atoms with Gasteiger partial charge >= 0.3 is 0 Å². The first-order valence-corrected chi connectivity index (χ1v) is 5.73. The summed E-state index contributed by atoms with van der Waals surface area (Å²) in [4.78, 5) is 2.46. The maximum absolute atomic E-state index is 5.79. The number of nitrogens with zero attached hydrogens (tertiary/aromatic N) is 1. The summed E-state index contributed by atoms with van der Waals surface area (Å²) >= 11 is 5.79. The molecule has 0 aromatic heterocycles. The van der Waals surface area contributed by atoms with Gasteiger partial charge < -0.3 is 4.74 Å². The highest BCUT2D eigenvalue weighted by Crippen LogP contribution is 2.12. The molecule has 2 nitrogen and oxygen atoms in total. The van der Waals surface area contributed by atoms with Gasteiger partial charge in [-0.05, 0) is 19.9 Å². The van der Waals surface area contributed by atoms with E-state index in [0.29, 0.717) is 12.0 Å². The Balaban J connectivity index is 2.29. The minimum absolute atomic E-state index is 0.238. The fourth-order valence-corrected chi connectivity index (χ4v) is 1.96. The van der Waals surface area contributed by atoms with E-state index in [1.807, 2.05) is 0 Å². The number of rotatable bonds is 4. The molecular formula is C10H20ClNO. The summed E-state index contributed by atoms with van der Waals surface area (Å²) in [7, 11) is 0. The average molecular weight is 206 g/mol. The quantitative estimate of drug-likeness (QED) is 0.652. The van der Waals surface area contributed by atoms with Gasteiger partial charge in [0.2, 0.25) is 0 Å². The van der Waals surface area contributed by atoms with Crippen molar-refractivity contribution in [3.8, 4) is 0 Å². The van der Waals surface area contributed by atoms with E-state index in [9.17, 15) is 0 Å². The highest BCUT2D eigenvalue weighted by molar-refractivity contribution is 6.18. The number of hydrogen-bond donors (Lipinski definition) is 0. The molecule has 2 atom stereocenters. The Kier molecular flexibility index (Phi) is 5.07. The van der Waals surface area contributed by atoms with Gasteiger partial charge in [0, 0.05) is 19.0 Å². The second-order valence-corrected chi connectivity index (χ2v) is 4.14. The molecule has 1 aliphatic rings. The van der Waals surface area contributed by atoms with Gasteiger partial charge in [0.25, 0.3) is 0 Å². The van der Waals surface area contributed by atoms with Crippen molar-refractivity contribution < 1.29 is 4.74 Å². The Bertz CT molecular complexity index is 143. The van der Waals surface area contributed by atoms with Crippen LogP contribution in [0.4, 0.5) is 0 Å². The molecule has 0 saturated carbocycles. The van der Waals surface area contributed by atoms with Gasteiger partial charge in [-0.1, -0.05) is 13.3 Å². The minimum atomic E-state index is 0.238.